The lowest BCUT2D eigenvalue weighted by atomic mass is 10.1. The van der Waals surface area contributed by atoms with Gasteiger partial charge in [-0.25, -0.2) is 0 Å². The summed E-state index contributed by atoms with van der Waals surface area (Å²) in [5, 5.41) is 6.64. The van der Waals surface area contributed by atoms with Crippen molar-refractivity contribution in [1.29, 1.82) is 0 Å². The Morgan fingerprint density at radius 1 is 1.40 bits per heavy atom. The number of fused-ring (bicyclic) bond motifs is 1. The first-order valence-electron chi connectivity index (χ1n) is 3.89. The summed E-state index contributed by atoms with van der Waals surface area (Å²) in [6.45, 7) is 0. The molecule has 0 aliphatic rings. The standard InChI is InChI=1S/C8H5BrF3N3/c9-6-3-2-14-15-5(3)1-4(7(6)13)8(10,11)12/h1-2H,13H2,(H,14,15). The number of nitrogens with two attached hydrogens (primary N) is 1. The van der Waals surface area contributed by atoms with Gasteiger partial charge in [-0.05, 0) is 22.0 Å². The highest BCUT2D eigenvalue weighted by Crippen LogP contribution is 2.40. The first kappa shape index (κ1) is 10.3. The Kier molecular flexibility index (Phi) is 2.14. The van der Waals surface area contributed by atoms with Crippen molar-refractivity contribution < 1.29 is 13.2 Å². The van der Waals surface area contributed by atoms with Crippen molar-refractivity contribution in [2.75, 3.05) is 5.73 Å². The number of hydrogen-bond acceptors (Lipinski definition) is 2. The third-order valence-corrected chi connectivity index (χ3v) is 2.88. The van der Waals surface area contributed by atoms with Crippen molar-refractivity contribution in [3.63, 3.8) is 0 Å². The highest BCUT2D eigenvalue weighted by atomic mass is 79.9. The van der Waals surface area contributed by atoms with E-state index < -0.39 is 11.7 Å². The summed E-state index contributed by atoms with van der Waals surface area (Å²) in [7, 11) is 0. The van der Waals surface area contributed by atoms with E-state index in [0.717, 1.165) is 6.07 Å². The fraction of sp³-hybridized carbons (Fsp3) is 0.125. The van der Waals surface area contributed by atoms with E-state index in [-0.39, 0.29) is 10.2 Å². The maximum atomic E-state index is 12.5. The van der Waals surface area contributed by atoms with E-state index in [2.05, 4.69) is 26.1 Å². The molecule has 1 heterocycles. The number of aromatic nitrogens is 2. The van der Waals surface area contributed by atoms with E-state index in [4.69, 9.17) is 5.73 Å². The summed E-state index contributed by atoms with van der Waals surface area (Å²) >= 11 is 3.02. The Hall–Kier alpha value is -1.24. The van der Waals surface area contributed by atoms with Crippen LogP contribution >= 0.6 is 15.9 Å². The molecule has 3 nitrogen and oxygen atoms in total. The molecule has 0 unspecified atom stereocenters. The summed E-state index contributed by atoms with van der Waals surface area (Å²) < 4.78 is 37.8. The molecule has 1 aromatic heterocycles. The van der Waals surface area contributed by atoms with Gasteiger partial charge < -0.3 is 5.73 Å². The number of benzene rings is 1. The van der Waals surface area contributed by atoms with Gasteiger partial charge in [-0.15, -0.1) is 0 Å². The number of H-pyrrole nitrogens is 1. The molecule has 0 radical (unpaired) electrons. The van der Waals surface area contributed by atoms with Gasteiger partial charge in [-0.1, -0.05) is 0 Å². The lowest BCUT2D eigenvalue weighted by molar-refractivity contribution is -0.136. The lowest BCUT2D eigenvalue weighted by Crippen LogP contribution is -2.09. The van der Waals surface area contributed by atoms with Crippen LogP contribution in [0.2, 0.25) is 0 Å². The van der Waals surface area contributed by atoms with Crippen molar-refractivity contribution >= 4 is 32.5 Å². The molecule has 0 saturated carbocycles. The maximum absolute atomic E-state index is 12.5. The van der Waals surface area contributed by atoms with Gasteiger partial charge >= 0.3 is 6.18 Å². The van der Waals surface area contributed by atoms with Crippen LogP contribution in [0.1, 0.15) is 5.56 Å². The van der Waals surface area contributed by atoms with Gasteiger partial charge in [0, 0.05) is 5.39 Å². The highest BCUT2D eigenvalue weighted by Gasteiger charge is 2.34. The average Bonchev–Trinajstić information content (AvgIpc) is 2.57. The zero-order valence-electron chi connectivity index (χ0n) is 7.19. The second kappa shape index (κ2) is 3.13. The minimum absolute atomic E-state index is 0.209. The smallest absolute Gasteiger partial charge is 0.397 e. The molecule has 0 bridgehead atoms. The minimum atomic E-state index is -4.47. The summed E-state index contributed by atoms with van der Waals surface area (Å²) in [6, 6.07) is 0.947. The van der Waals surface area contributed by atoms with Crippen LogP contribution in [0.4, 0.5) is 18.9 Å². The van der Waals surface area contributed by atoms with E-state index in [0.29, 0.717) is 10.9 Å². The lowest BCUT2D eigenvalue weighted by Gasteiger charge is -2.11. The molecule has 0 atom stereocenters. The van der Waals surface area contributed by atoms with Crippen molar-refractivity contribution in [3.05, 3.63) is 22.3 Å². The van der Waals surface area contributed by atoms with E-state index in [1.54, 1.807) is 0 Å². The number of rotatable bonds is 0. The third kappa shape index (κ3) is 1.56. The number of anilines is 1. The first-order chi connectivity index (χ1) is 6.91. The van der Waals surface area contributed by atoms with Gasteiger partial charge in [0.15, 0.2) is 0 Å². The number of alkyl halides is 3. The number of hydrogen-bond donors (Lipinski definition) is 2. The van der Waals surface area contributed by atoms with Crippen LogP contribution in [-0.2, 0) is 6.18 Å². The monoisotopic (exact) mass is 279 g/mol. The van der Waals surface area contributed by atoms with Crippen molar-refractivity contribution in [2.45, 2.75) is 6.18 Å². The van der Waals surface area contributed by atoms with Gasteiger partial charge in [0.25, 0.3) is 0 Å². The second-order valence-corrected chi connectivity index (χ2v) is 3.77. The Labute approximate surface area is 90.6 Å². The molecule has 80 valence electrons. The predicted molar refractivity (Wildman–Crippen MR) is 53.2 cm³/mol. The van der Waals surface area contributed by atoms with Crippen LogP contribution in [0.15, 0.2) is 16.7 Å². The molecule has 2 rings (SSSR count). The summed E-state index contributed by atoms with van der Waals surface area (Å²) in [5.74, 6) is 0. The molecule has 15 heavy (non-hydrogen) atoms. The normalized spacial score (nSPS) is 12.3. The van der Waals surface area contributed by atoms with E-state index in [1.807, 2.05) is 0 Å². The third-order valence-electron chi connectivity index (χ3n) is 2.03. The Balaban J connectivity index is 2.82. The molecule has 0 spiro atoms. The fourth-order valence-corrected chi connectivity index (χ4v) is 1.83. The van der Waals surface area contributed by atoms with Gasteiger partial charge in [-0.2, -0.15) is 18.3 Å². The quantitative estimate of drug-likeness (QED) is 0.729. The first-order valence-corrected chi connectivity index (χ1v) is 4.69. The molecule has 7 heteroatoms. The largest absolute Gasteiger partial charge is 0.418 e. The summed E-state index contributed by atoms with van der Waals surface area (Å²) in [6.07, 6.45) is -3.05. The molecule has 0 aliphatic heterocycles. The molecule has 0 aliphatic carbocycles. The maximum Gasteiger partial charge on any atom is 0.418 e. The molecule has 1 aromatic carbocycles. The van der Waals surface area contributed by atoms with Crippen molar-refractivity contribution in [3.8, 4) is 0 Å². The van der Waals surface area contributed by atoms with Gasteiger partial charge in [-0.3, -0.25) is 5.10 Å². The molecule has 2 aromatic rings. The van der Waals surface area contributed by atoms with Gasteiger partial charge in [0.2, 0.25) is 0 Å². The Bertz CT molecular complexity index is 518. The SMILES string of the molecule is Nc1c(C(F)(F)F)cc2[nH]ncc2c1Br. The van der Waals surface area contributed by atoms with Crippen molar-refractivity contribution in [1.82, 2.24) is 10.2 Å². The Morgan fingerprint density at radius 2 is 2.07 bits per heavy atom. The van der Waals surface area contributed by atoms with E-state index in [1.165, 1.54) is 6.20 Å². The fourth-order valence-electron chi connectivity index (χ4n) is 1.30. The van der Waals surface area contributed by atoms with E-state index >= 15 is 0 Å². The number of halogens is 4. The second-order valence-electron chi connectivity index (χ2n) is 2.98. The average molecular weight is 280 g/mol. The molecule has 0 amide bonds. The summed E-state index contributed by atoms with van der Waals surface area (Å²) in [5.41, 5.74) is 4.49. The highest BCUT2D eigenvalue weighted by molar-refractivity contribution is 9.10. The molecular formula is C8H5BrF3N3. The number of aromatic amines is 1. The zero-order valence-corrected chi connectivity index (χ0v) is 8.78. The predicted octanol–water partition coefficient (Wildman–Crippen LogP) is 2.93. The van der Waals surface area contributed by atoms with Crippen LogP contribution < -0.4 is 5.73 Å². The van der Waals surface area contributed by atoms with Crippen LogP contribution in [-0.4, -0.2) is 10.2 Å². The molecular weight excluding hydrogens is 275 g/mol. The van der Waals surface area contributed by atoms with Crippen LogP contribution in [0.25, 0.3) is 10.9 Å². The Morgan fingerprint density at radius 3 is 2.67 bits per heavy atom. The van der Waals surface area contributed by atoms with Crippen molar-refractivity contribution in [2.24, 2.45) is 0 Å². The van der Waals surface area contributed by atoms with Gasteiger partial charge in [0.1, 0.15) is 0 Å². The van der Waals surface area contributed by atoms with Crippen LogP contribution in [0.3, 0.4) is 0 Å². The number of nitrogen functional groups attached to an aromatic ring is 1. The molecule has 0 fully saturated rings. The summed E-state index contributed by atoms with van der Waals surface area (Å²) in [4.78, 5) is 0. The molecule has 0 saturated heterocycles. The molecule has 3 N–H and O–H groups in total. The zero-order chi connectivity index (χ0) is 11.2. The van der Waals surface area contributed by atoms with Crippen LogP contribution in [0.5, 0.6) is 0 Å². The van der Waals surface area contributed by atoms with Gasteiger partial charge in [0.05, 0.1) is 27.4 Å². The van der Waals surface area contributed by atoms with Crippen LogP contribution in [0, 0.1) is 0 Å². The van der Waals surface area contributed by atoms with E-state index in [9.17, 15) is 13.2 Å². The number of nitrogens with zero attached hydrogens (tertiary/aromatic N) is 1. The number of nitrogens with one attached hydrogen (secondary N) is 1. The topological polar surface area (TPSA) is 54.7 Å². The minimum Gasteiger partial charge on any atom is -0.397 e.